The average Bonchev–Trinajstić information content (AvgIpc) is 3.63. The lowest BCUT2D eigenvalue weighted by atomic mass is 9.85. The third-order valence-electron chi connectivity index (χ3n) is 8.40. The maximum Gasteiger partial charge on any atom is 0.473 e. The van der Waals surface area contributed by atoms with Crippen LogP contribution in [0.2, 0.25) is 0 Å². The van der Waals surface area contributed by atoms with Crippen molar-refractivity contribution in [2.24, 2.45) is 0 Å². The van der Waals surface area contributed by atoms with Crippen molar-refractivity contribution in [2.75, 3.05) is 13.1 Å². The Morgan fingerprint density at radius 1 is 0.978 bits per heavy atom. The maximum absolute atomic E-state index is 13.6. The Hall–Kier alpha value is -3.93. The van der Waals surface area contributed by atoms with E-state index in [1.807, 2.05) is 0 Å². The van der Waals surface area contributed by atoms with E-state index in [9.17, 15) is 29.6 Å². The summed E-state index contributed by atoms with van der Waals surface area (Å²) in [4.78, 5) is 35.8. The van der Waals surface area contributed by atoms with Gasteiger partial charge in [0, 0.05) is 39.3 Å². The van der Waals surface area contributed by atoms with Crippen molar-refractivity contribution in [2.45, 2.75) is 89.3 Å². The van der Waals surface area contributed by atoms with Crippen LogP contribution in [0.1, 0.15) is 83.1 Å². The first kappa shape index (κ1) is 32.5. The van der Waals surface area contributed by atoms with Crippen LogP contribution in [-0.2, 0) is 29.6 Å². The SMILES string of the molecule is CC1(C)Oc2ccc(C#N)cc2C[C@@H]1OP(=O)(O)O[C@H]1[C@H](N2CCCC2=O)c2cc(C#N)ccc2OC1(C)C.O=C1CCCN1.[HH]. The standard InChI is InChI=1S/C28H30N3O7P.C4H7NO.H2/c1-27(2)23(14-19-12-17(15-29)7-9-21(19)35-27)37-39(33,34)38-26-25(31-11-5-6-24(31)32)20-13-18(16-30)8-10-22(20)36-28(26,3)4;6-4-2-1-3-5-4;/h7-10,12-13,23,25-26H,5-6,11,14H2,1-4H3,(H,33,34);1-3H2,(H,5,6);1H/t23-,25+,26-;;/m0../s1. The fourth-order valence-corrected chi connectivity index (χ4v) is 7.42. The minimum absolute atomic E-state index is 0. The van der Waals surface area contributed by atoms with E-state index >= 15 is 0 Å². The van der Waals surface area contributed by atoms with Gasteiger partial charge in [0.15, 0.2) is 0 Å². The summed E-state index contributed by atoms with van der Waals surface area (Å²) in [5, 5.41) is 21.5. The lowest BCUT2D eigenvalue weighted by molar-refractivity contribution is -0.140. The molecule has 2 aromatic carbocycles. The van der Waals surface area contributed by atoms with E-state index in [0.717, 1.165) is 19.4 Å². The number of likely N-dealkylation sites (tertiary alicyclic amines) is 1. The quantitative estimate of drug-likeness (QED) is 0.438. The predicted octanol–water partition coefficient (Wildman–Crippen LogP) is 4.69. The van der Waals surface area contributed by atoms with Crippen molar-refractivity contribution >= 4 is 19.6 Å². The maximum atomic E-state index is 13.6. The van der Waals surface area contributed by atoms with E-state index in [-0.39, 0.29) is 19.7 Å². The topological polar surface area (TPSA) is 171 Å². The van der Waals surface area contributed by atoms with Crippen LogP contribution >= 0.6 is 7.82 Å². The smallest absolute Gasteiger partial charge is 0.473 e. The summed E-state index contributed by atoms with van der Waals surface area (Å²) in [7, 11) is -4.78. The van der Waals surface area contributed by atoms with Crippen molar-refractivity contribution in [3.05, 3.63) is 58.7 Å². The van der Waals surface area contributed by atoms with Gasteiger partial charge in [-0.15, -0.1) is 0 Å². The van der Waals surface area contributed by atoms with Crippen LogP contribution in [0.15, 0.2) is 36.4 Å². The molecule has 4 aliphatic heterocycles. The number of benzene rings is 2. The van der Waals surface area contributed by atoms with Gasteiger partial charge >= 0.3 is 7.82 Å². The number of rotatable bonds is 5. The Kier molecular flexibility index (Phi) is 8.99. The van der Waals surface area contributed by atoms with E-state index in [4.69, 9.17) is 18.5 Å². The fraction of sp³-hybridized carbons (Fsp3) is 0.500. The molecular weight excluding hydrogens is 599 g/mol. The van der Waals surface area contributed by atoms with Gasteiger partial charge in [-0.05, 0) is 82.5 Å². The molecule has 1 unspecified atom stereocenters. The molecule has 0 aliphatic carbocycles. The second-order valence-electron chi connectivity index (χ2n) is 12.6. The zero-order chi connectivity index (χ0) is 32.6. The monoisotopic (exact) mass is 638 g/mol. The molecule has 4 aliphatic rings. The van der Waals surface area contributed by atoms with E-state index in [1.54, 1.807) is 69.0 Å². The molecular formula is C32H39N4O8P. The van der Waals surface area contributed by atoms with Crippen molar-refractivity contribution in [1.29, 1.82) is 10.5 Å². The van der Waals surface area contributed by atoms with Gasteiger partial charge < -0.3 is 24.6 Å². The van der Waals surface area contributed by atoms with Gasteiger partial charge in [0.2, 0.25) is 11.8 Å². The van der Waals surface area contributed by atoms with E-state index in [2.05, 4.69) is 17.5 Å². The molecule has 0 aromatic heterocycles. The van der Waals surface area contributed by atoms with Crippen LogP contribution in [0.5, 0.6) is 11.5 Å². The number of hydrogen-bond donors (Lipinski definition) is 2. The first-order valence-corrected chi connectivity index (χ1v) is 16.4. The number of ether oxygens (including phenoxy) is 2. The Labute approximate surface area is 263 Å². The molecule has 2 N–H and O–H groups in total. The lowest BCUT2D eigenvalue weighted by Gasteiger charge is -2.48. The first-order valence-electron chi connectivity index (χ1n) is 14.9. The fourth-order valence-electron chi connectivity index (χ4n) is 6.07. The van der Waals surface area contributed by atoms with Crippen molar-refractivity contribution in [1.82, 2.24) is 10.2 Å². The molecule has 45 heavy (non-hydrogen) atoms. The Bertz CT molecular complexity index is 1630. The van der Waals surface area contributed by atoms with Gasteiger partial charge in [0.25, 0.3) is 0 Å². The number of nitriles is 2. The molecule has 2 saturated heterocycles. The molecule has 2 amide bonds. The normalized spacial score (nSPS) is 25.5. The van der Waals surface area contributed by atoms with Crippen LogP contribution in [0.4, 0.5) is 0 Å². The zero-order valence-corrected chi connectivity index (χ0v) is 26.6. The molecule has 4 atom stereocenters. The Morgan fingerprint density at radius 2 is 1.64 bits per heavy atom. The van der Waals surface area contributed by atoms with Crippen LogP contribution < -0.4 is 14.8 Å². The molecule has 2 aromatic rings. The highest BCUT2D eigenvalue weighted by atomic mass is 31.2. The molecule has 12 nitrogen and oxygen atoms in total. The van der Waals surface area contributed by atoms with Gasteiger partial charge in [-0.2, -0.15) is 10.5 Å². The summed E-state index contributed by atoms with van der Waals surface area (Å²) in [6, 6.07) is 13.4. The number of nitrogens with zero attached hydrogens (tertiary/aromatic N) is 3. The van der Waals surface area contributed by atoms with Crippen LogP contribution in [-0.4, -0.2) is 58.1 Å². The van der Waals surface area contributed by atoms with Crippen molar-refractivity contribution < 1.29 is 39.0 Å². The highest BCUT2D eigenvalue weighted by molar-refractivity contribution is 7.47. The van der Waals surface area contributed by atoms with E-state index in [1.165, 1.54) is 0 Å². The molecule has 0 radical (unpaired) electrons. The summed E-state index contributed by atoms with van der Waals surface area (Å²) in [5.74, 6) is 1.14. The largest absolute Gasteiger partial charge is 0.485 e. The number of phosphoric acid groups is 1. The van der Waals surface area contributed by atoms with Crippen molar-refractivity contribution in [3.63, 3.8) is 0 Å². The minimum Gasteiger partial charge on any atom is -0.485 e. The zero-order valence-electron chi connectivity index (χ0n) is 25.7. The second-order valence-corrected chi connectivity index (χ2v) is 14.0. The van der Waals surface area contributed by atoms with Gasteiger partial charge in [0.1, 0.15) is 34.9 Å². The summed E-state index contributed by atoms with van der Waals surface area (Å²) >= 11 is 0. The third kappa shape index (κ3) is 7.00. The average molecular weight is 639 g/mol. The van der Waals surface area contributed by atoms with Crippen LogP contribution in [0.25, 0.3) is 0 Å². The van der Waals surface area contributed by atoms with Gasteiger partial charge in [-0.1, -0.05) is 0 Å². The number of fused-ring (bicyclic) bond motifs is 2. The molecule has 13 heteroatoms. The number of hydrogen-bond acceptors (Lipinski definition) is 9. The van der Waals surface area contributed by atoms with Gasteiger partial charge in [0.05, 0.1) is 29.3 Å². The van der Waals surface area contributed by atoms with Gasteiger partial charge in [-0.25, -0.2) is 4.57 Å². The lowest BCUT2D eigenvalue weighted by Crippen LogP contribution is -2.55. The number of carbonyl (C=O) groups excluding carboxylic acids is 2. The number of amides is 2. The van der Waals surface area contributed by atoms with Crippen molar-refractivity contribution in [3.8, 4) is 23.6 Å². The highest BCUT2D eigenvalue weighted by Crippen LogP contribution is 2.55. The Morgan fingerprint density at radius 3 is 2.22 bits per heavy atom. The third-order valence-corrected chi connectivity index (χ3v) is 9.42. The van der Waals surface area contributed by atoms with Crippen LogP contribution in [0.3, 0.4) is 0 Å². The molecule has 0 saturated carbocycles. The molecule has 2 fully saturated rings. The minimum atomic E-state index is -4.78. The molecule has 6 rings (SSSR count). The number of carbonyl (C=O) groups is 2. The molecule has 240 valence electrons. The molecule has 0 spiro atoms. The number of nitrogens with one attached hydrogen (secondary N) is 1. The summed E-state index contributed by atoms with van der Waals surface area (Å²) in [5.41, 5.74) is -0.101. The summed E-state index contributed by atoms with van der Waals surface area (Å²) < 4.78 is 37.6. The van der Waals surface area contributed by atoms with Crippen LogP contribution in [0, 0.1) is 22.7 Å². The second kappa shape index (κ2) is 12.5. The Balaban J connectivity index is 0.000000617. The summed E-state index contributed by atoms with van der Waals surface area (Å²) in [6.45, 7) is 8.27. The van der Waals surface area contributed by atoms with Gasteiger partial charge in [-0.3, -0.25) is 18.6 Å². The molecule has 0 bridgehead atoms. The van der Waals surface area contributed by atoms with E-state index < -0.39 is 37.3 Å². The first-order chi connectivity index (χ1) is 21.2. The predicted molar refractivity (Wildman–Crippen MR) is 163 cm³/mol. The summed E-state index contributed by atoms with van der Waals surface area (Å²) in [6.07, 6.45) is 0.996. The molecule has 4 heterocycles. The van der Waals surface area contributed by atoms with E-state index in [0.29, 0.717) is 53.1 Å². The number of phosphoric ester groups is 1. The highest BCUT2D eigenvalue weighted by Gasteiger charge is 2.53.